The monoisotopic (exact) mass is 452 g/mol. The van der Waals surface area contributed by atoms with Crippen molar-refractivity contribution in [2.24, 2.45) is 0 Å². The molecule has 0 aliphatic heterocycles. The number of ether oxygens (including phenoxy) is 2. The Bertz CT molecular complexity index is 774. The number of benzene rings is 1. The lowest BCUT2D eigenvalue weighted by Gasteiger charge is -2.20. The molecule has 0 unspecified atom stereocenters. The third-order valence-corrected chi connectivity index (χ3v) is 6.31. The van der Waals surface area contributed by atoms with E-state index in [0.717, 1.165) is 5.56 Å². The molecule has 0 bridgehead atoms. The van der Waals surface area contributed by atoms with Gasteiger partial charge < -0.3 is 18.5 Å². The molecule has 0 saturated heterocycles. The average Bonchev–Trinajstić information content (AvgIpc) is 2.72. The predicted molar refractivity (Wildman–Crippen MR) is 120 cm³/mol. The minimum absolute atomic E-state index is 0.201. The van der Waals surface area contributed by atoms with Crippen molar-refractivity contribution >= 4 is 24.8 Å². The van der Waals surface area contributed by atoms with Gasteiger partial charge in [0.1, 0.15) is 0 Å². The third-order valence-electron chi connectivity index (χ3n) is 4.17. The molecular weight excluding hydrogens is 419 g/mol. The maximum absolute atomic E-state index is 13.5. The third kappa shape index (κ3) is 10.1. The number of unbranched alkanes of at least 4 members (excludes halogenated alkanes) is 2. The minimum Gasteiger partial charge on any atom is -0.462 e. The van der Waals surface area contributed by atoms with Gasteiger partial charge in [0.15, 0.2) is 0 Å². The van der Waals surface area contributed by atoms with E-state index in [4.69, 9.17) is 18.5 Å². The Labute approximate surface area is 184 Å². The molecule has 0 amide bonds. The molecule has 1 rings (SSSR count). The lowest BCUT2D eigenvalue weighted by Crippen LogP contribution is -2.15. The maximum Gasteiger partial charge on any atom is 0.361 e. The van der Waals surface area contributed by atoms with Gasteiger partial charge in [-0.3, -0.25) is 4.57 Å². The summed E-state index contributed by atoms with van der Waals surface area (Å²) < 4.78 is 34.9. The number of aryl methyl sites for hydroxylation is 1. The lowest BCUT2D eigenvalue weighted by atomic mass is 10.2. The van der Waals surface area contributed by atoms with Crippen LogP contribution in [0.25, 0.3) is 0 Å². The van der Waals surface area contributed by atoms with Crippen LogP contribution in [0.2, 0.25) is 0 Å². The molecule has 0 aliphatic carbocycles. The zero-order valence-electron chi connectivity index (χ0n) is 18.7. The number of carbonyl (C=O) groups excluding carboxylic acids is 2. The Balaban J connectivity index is 2.52. The highest BCUT2D eigenvalue weighted by Gasteiger charge is 2.29. The van der Waals surface area contributed by atoms with E-state index in [-0.39, 0.29) is 26.4 Å². The van der Waals surface area contributed by atoms with Crippen LogP contribution in [0.3, 0.4) is 0 Å². The van der Waals surface area contributed by atoms with Crippen LogP contribution in [-0.4, -0.2) is 38.4 Å². The first-order valence-electron chi connectivity index (χ1n) is 10.3. The van der Waals surface area contributed by atoms with Crippen LogP contribution in [0.5, 0.6) is 0 Å². The molecule has 0 aromatic heterocycles. The summed E-state index contributed by atoms with van der Waals surface area (Å²) >= 11 is 0. The first-order valence-corrected chi connectivity index (χ1v) is 11.8. The fourth-order valence-corrected chi connectivity index (χ4v) is 4.27. The van der Waals surface area contributed by atoms with Crippen LogP contribution in [-0.2, 0) is 32.7 Å². The highest BCUT2D eigenvalue weighted by Crippen LogP contribution is 2.48. The van der Waals surface area contributed by atoms with Gasteiger partial charge in [-0.05, 0) is 58.1 Å². The van der Waals surface area contributed by atoms with Crippen molar-refractivity contribution < 1.29 is 32.7 Å². The van der Waals surface area contributed by atoms with Crippen LogP contribution in [0.15, 0.2) is 48.6 Å². The predicted octanol–water partition coefficient (Wildman–Crippen LogP) is 4.65. The van der Waals surface area contributed by atoms with Gasteiger partial charge in [-0.15, -0.1) is 0 Å². The molecule has 0 fully saturated rings. The van der Waals surface area contributed by atoms with Crippen LogP contribution < -0.4 is 5.30 Å². The molecule has 7 nitrogen and oxygen atoms in total. The topological polar surface area (TPSA) is 88.1 Å². The van der Waals surface area contributed by atoms with E-state index in [0.29, 0.717) is 42.1 Å². The van der Waals surface area contributed by atoms with Crippen molar-refractivity contribution in [2.75, 3.05) is 26.4 Å². The second kappa shape index (κ2) is 14.0. The quantitative estimate of drug-likeness (QED) is 0.166. The van der Waals surface area contributed by atoms with Gasteiger partial charge in [-0.25, -0.2) is 9.59 Å². The molecular formula is C23H33O7P. The second-order valence-electron chi connectivity index (χ2n) is 7.20. The Morgan fingerprint density at radius 3 is 1.65 bits per heavy atom. The standard InChI is InChI=1S/C23H33O7P/c1-18(2)22(24)27-14-8-10-16-29-31(26,21-13-7-6-12-20(21)5)30-17-11-9-15-28-23(25)19(3)4/h6-7,12-13H,1,3,8-11,14-17H2,2,4-5H3. The maximum atomic E-state index is 13.5. The van der Waals surface area contributed by atoms with E-state index >= 15 is 0 Å². The zero-order chi connectivity index (χ0) is 23.3. The Hall–Kier alpha value is -2.21. The molecule has 0 spiro atoms. The van der Waals surface area contributed by atoms with Crippen LogP contribution in [0, 0.1) is 6.92 Å². The lowest BCUT2D eigenvalue weighted by molar-refractivity contribution is -0.139. The van der Waals surface area contributed by atoms with Crippen LogP contribution >= 0.6 is 7.60 Å². The molecule has 31 heavy (non-hydrogen) atoms. The van der Waals surface area contributed by atoms with E-state index in [9.17, 15) is 14.2 Å². The van der Waals surface area contributed by atoms with E-state index in [1.165, 1.54) is 0 Å². The average molecular weight is 452 g/mol. The van der Waals surface area contributed by atoms with Crippen molar-refractivity contribution in [1.29, 1.82) is 0 Å². The first kappa shape index (κ1) is 26.8. The van der Waals surface area contributed by atoms with Gasteiger partial charge in [0.05, 0.1) is 31.7 Å². The summed E-state index contributed by atoms with van der Waals surface area (Å²) in [5.41, 5.74) is 1.52. The number of carbonyl (C=O) groups is 2. The Morgan fingerprint density at radius 1 is 0.806 bits per heavy atom. The number of rotatable bonds is 15. The second-order valence-corrected chi connectivity index (χ2v) is 9.19. The smallest absolute Gasteiger partial charge is 0.361 e. The Morgan fingerprint density at radius 2 is 1.23 bits per heavy atom. The zero-order valence-corrected chi connectivity index (χ0v) is 19.6. The van der Waals surface area contributed by atoms with Crippen LogP contribution in [0.1, 0.15) is 45.1 Å². The summed E-state index contributed by atoms with van der Waals surface area (Å²) in [5, 5.41) is 0.525. The number of esters is 2. The molecule has 8 heteroatoms. The van der Waals surface area contributed by atoms with Crippen molar-refractivity contribution in [2.45, 2.75) is 46.5 Å². The minimum atomic E-state index is -3.52. The van der Waals surface area contributed by atoms with E-state index in [2.05, 4.69) is 13.2 Å². The summed E-state index contributed by atoms with van der Waals surface area (Å²) in [4.78, 5) is 22.7. The summed E-state index contributed by atoms with van der Waals surface area (Å²) in [6.07, 6.45) is 2.25. The largest absolute Gasteiger partial charge is 0.462 e. The van der Waals surface area contributed by atoms with E-state index < -0.39 is 19.5 Å². The molecule has 0 aliphatic rings. The van der Waals surface area contributed by atoms with Gasteiger partial charge in [-0.1, -0.05) is 31.4 Å². The summed E-state index contributed by atoms with van der Waals surface area (Å²) in [6.45, 7) is 13.0. The summed E-state index contributed by atoms with van der Waals surface area (Å²) in [7, 11) is -3.52. The van der Waals surface area contributed by atoms with Crippen molar-refractivity contribution in [3.05, 3.63) is 54.1 Å². The highest BCUT2D eigenvalue weighted by atomic mass is 31.2. The highest BCUT2D eigenvalue weighted by molar-refractivity contribution is 7.62. The SMILES string of the molecule is C=C(C)C(=O)OCCCCOP(=O)(OCCCCOC(=O)C(=C)C)c1ccccc1C. The molecule has 0 N–H and O–H groups in total. The molecule has 0 radical (unpaired) electrons. The van der Waals surface area contributed by atoms with Gasteiger partial charge in [0, 0.05) is 11.1 Å². The molecule has 0 saturated carbocycles. The van der Waals surface area contributed by atoms with Crippen molar-refractivity contribution in [1.82, 2.24) is 0 Å². The van der Waals surface area contributed by atoms with Crippen molar-refractivity contribution in [3.63, 3.8) is 0 Å². The summed E-state index contributed by atoms with van der Waals surface area (Å²) in [6, 6.07) is 7.23. The normalized spacial score (nSPS) is 11.1. The molecule has 0 heterocycles. The first-order chi connectivity index (χ1) is 14.7. The summed E-state index contributed by atoms with van der Waals surface area (Å²) in [5.74, 6) is -0.854. The van der Waals surface area contributed by atoms with Gasteiger partial charge >= 0.3 is 19.5 Å². The molecule has 0 atom stereocenters. The molecule has 1 aromatic carbocycles. The fraction of sp³-hybridized carbons (Fsp3) is 0.478. The molecule has 172 valence electrons. The number of hydrogen-bond donors (Lipinski definition) is 0. The number of hydrogen-bond acceptors (Lipinski definition) is 7. The van der Waals surface area contributed by atoms with E-state index in [1.807, 2.05) is 19.1 Å². The van der Waals surface area contributed by atoms with Gasteiger partial charge in [0.2, 0.25) is 0 Å². The fourth-order valence-electron chi connectivity index (χ4n) is 2.40. The van der Waals surface area contributed by atoms with Gasteiger partial charge in [0.25, 0.3) is 0 Å². The molecule has 1 aromatic rings. The Kier molecular flexibility index (Phi) is 12.1. The van der Waals surface area contributed by atoms with Crippen LogP contribution in [0.4, 0.5) is 0 Å². The van der Waals surface area contributed by atoms with Gasteiger partial charge in [-0.2, -0.15) is 0 Å². The van der Waals surface area contributed by atoms with E-state index in [1.54, 1.807) is 26.0 Å². The van der Waals surface area contributed by atoms with Crippen molar-refractivity contribution in [3.8, 4) is 0 Å².